The first-order chi connectivity index (χ1) is 13.3. The van der Waals surface area contributed by atoms with Gasteiger partial charge in [0.05, 0.1) is 11.7 Å². The Hall–Kier alpha value is -3.62. The Morgan fingerprint density at radius 2 is 2.04 bits per heavy atom. The van der Waals surface area contributed by atoms with Gasteiger partial charge in [0.15, 0.2) is 17.1 Å². The lowest BCUT2D eigenvalue weighted by molar-refractivity contribution is -0.112. The predicted octanol–water partition coefficient (Wildman–Crippen LogP) is 1.86. The van der Waals surface area contributed by atoms with Crippen molar-refractivity contribution in [2.75, 3.05) is 12.2 Å². The zero-order chi connectivity index (χ0) is 19.9. The summed E-state index contributed by atoms with van der Waals surface area (Å²) in [5, 5.41) is 4.58. The second kappa shape index (κ2) is 6.52. The summed E-state index contributed by atoms with van der Waals surface area (Å²) in [6.45, 7) is 6.09. The summed E-state index contributed by atoms with van der Waals surface area (Å²) < 4.78 is 13.3. The molecular formula is C19H19N5O4. The van der Waals surface area contributed by atoms with Crippen molar-refractivity contribution in [3.63, 3.8) is 0 Å². The van der Waals surface area contributed by atoms with Crippen molar-refractivity contribution < 1.29 is 14.3 Å². The summed E-state index contributed by atoms with van der Waals surface area (Å²) in [5.41, 5.74) is 3.02. The van der Waals surface area contributed by atoms with Gasteiger partial charge in [-0.1, -0.05) is 6.07 Å². The van der Waals surface area contributed by atoms with E-state index < -0.39 is 11.5 Å². The fourth-order valence-electron chi connectivity index (χ4n) is 2.83. The number of carbonyl (C=O) groups excluding carboxylic acids is 1. The summed E-state index contributed by atoms with van der Waals surface area (Å²) in [6, 6.07) is 5.35. The molecule has 0 unspecified atom stereocenters. The Kier molecular flexibility index (Phi) is 4.14. The summed E-state index contributed by atoms with van der Waals surface area (Å²) in [4.78, 5) is 29.1. The third kappa shape index (κ3) is 3.22. The molecule has 1 aliphatic rings. The molecule has 0 fully saturated rings. The molecule has 0 aliphatic carbocycles. The Labute approximate surface area is 160 Å². The molecule has 0 saturated heterocycles. The molecule has 1 amide bonds. The van der Waals surface area contributed by atoms with E-state index in [0.717, 1.165) is 10.2 Å². The average molecular weight is 381 g/mol. The summed E-state index contributed by atoms with van der Waals surface area (Å²) in [7, 11) is 0. The third-order valence-electron chi connectivity index (χ3n) is 4.18. The topological polar surface area (TPSA) is 100 Å². The molecule has 1 aromatic carbocycles. The Bertz CT molecular complexity index is 1150. The summed E-state index contributed by atoms with van der Waals surface area (Å²) in [5.74, 6) is 0.830. The first-order valence-corrected chi connectivity index (χ1v) is 8.67. The standard InChI is InChI=1S/C19H19N5O4/c1-19(2,3)24-17-13(9-21-24)18(26)23(10-20-17)22-16(25)7-5-12-4-6-14-15(8-12)28-11-27-14/h4-10H,11H2,1-3H3,(H,22,25)/b7-5+. The third-order valence-corrected chi connectivity index (χ3v) is 4.18. The van der Waals surface area contributed by atoms with E-state index >= 15 is 0 Å². The largest absolute Gasteiger partial charge is 0.454 e. The minimum atomic E-state index is -0.468. The number of nitrogens with one attached hydrogen (secondary N) is 1. The molecule has 2 aromatic heterocycles. The van der Waals surface area contributed by atoms with Crippen LogP contribution in [-0.4, -0.2) is 32.1 Å². The van der Waals surface area contributed by atoms with Gasteiger partial charge in [-0.3, -0.25) is 15.0 Å². The quantitative estimate of drug-likeness (QED) is 0.695. The van der Waals surface area contributed by atoms with Crippen LogP contribution in [0.2, 0.25) is 0 Å². The van der Waals surface area contributed by atoms with Crippen molar-refractivity contribution in [2.24, 2.45) is 0 Å². The molecular weight excluding hydrogens is 362 g/mol. The molecule has 28 heavy (non-hydrogen) atoms. The molecule has 9 heteroatoms. The molecule has 0 radical (unpaired) electrons. The van der Waals surface area contributed by atoms with Crippen LogP contribution in [0.1, 0.15) is 26.3 Å². The van der Waals surface area contributed by atoms with E-state index in [4.69, 9.17) is 9.47 Å². The molecule has 0 saturated carbocycles. The van der Waals surface area contributed by atoms with Gasteiger partial charge in [-0.15, -0.1) is 0 Å². The molecule has 1 aliphatic heterocycles. The molecule has 3 aromatic rings. The van der Waals surface area contributed by atoms with Crippen LogP contribution >= 0.6 is 0 Å². The number of hydrogen-bond donors (Lipinski definition) is 1. The number of carbonyl (C=O) groups is 1. The molecule has 144 valence electrons. The highest BCUT2D eigenvalue weighted by Crippen LogP contribution is 2.32. The maximum absolute atomic E-state index is 12.6. The maximum Gasteiger partial charge on any atom is 0.283 e. The van der Waals surface area contributed by atoms with Crippen molar-refractivity contribution in [1.29, 1.82) is 0 Å². The molecule has 0 spiro atoms. The second-order valence-electron chi connectivity index (χ2n) is 7.31. The van der Waals surface area contributed by atoms with Crippen LogP contribution in [0, 0.1) is 0 Å². The average Bonchev–Trinajstić information content (AvgIpc) is 3.28. The predicted molar refractivity (Wildman–Crippen MR) is 103 cm³/mol. The van der Waals surface area contributed by atoms with Crippen LogP contribution in [0.15, 0.2) is 41.6 Å². The van der Waals surface area contributed by atoms with Crippen LogP contribution in [0.4, 0.5) is 0 Å². The number of rotatable bonds is 3. The van der Waals surface area contributed by atoms with E-state index in [1.165, 1.54) is 18.6 Å². The van der Waals surface area contributed by atoms with Gasteiger partial charge in [0.25, 0.3) is 11.5 Å². The van der Waals surface area contributed by atoms with E-state index in [9.17, 15) is 9.59 Å². The first-order valence-electron chi connectivity index (χ1n) is 8.67. The number of benzene rings is 1. The molecule has 3 heterocycles. The van der Waals surface area contributed by atoms with Gasteiger partial charge in [-0.05, 0) is 44.5 Å². The Morgan fingerprint density at radius 1 is 1.25 bits per heavy atom. The summed E-state index contributed by atoms with van der Waals surface area (Å²) >= 11 is 0. The van der Waals surface area contributed by atoms with Gasteiger partial charge < -0.3 is 9.47 Å². The lowest BCUT2D eigenvalue weighted by atomic mass is 10.1. The van der Waals surface area contributed by atoms with Crippen LogP contribution in [0.5, 0.6) is 11.5 Å². The van der Waals surface area contributed by atoms with E-state index in [1.807, 2.05) is 20.8 Å². The van der Waals surface area contributed by atoms with Crippen LogP contribution in [-0.2, 0) is 10.3 Å². The summed E-state index contributed by atoms with van der Waals surface area (Å²) in [6.07, 6.45) is 5.68. The SMILES string of the molecule is CC(C)(C)n1ncc2c(=O)n(NC(=O)/C=C/c3ccc4c(c3)OCO4)cnc21. The normalized spacial score (nSPS) is 13.4. The van der Waals surface area contributed by atoms with Crippen molar-refractivity contribution >= 4 is 23.0 Å². The highest BCUT2D eigenvalue weighted by atomic mass is 16.7. The van der Waals surface area contributed by atoms with Gasteiger partial charge >= 0.3 is 0 Å². The van der Waals surface area contributed by atoms with E-state index in [0.29, 0.717) is 22.5 Å². The minimum Gasteiger partial charge on any atom is -0.454 e. The Morgan fingerprint density at radius 3 is 2.82 bits per heavy atom. The number of fused-ring (bicyclic) bond motifs is 2. The first kappa shape index (κ1) is 17.8. The van der Waals surface area contributed by atoms with Gasteiger partial charge in [0.2, 0.25) is 6.79 Å². The van der Waals surface area contributed by atoms with Crippen molar-refractivity contribution in [2.45, 2.75) is 26.3 Å². The van der Waals surface area contributed by atoms with E-state index in [-0.39, 0.29) is 12.3 Å². The van der Waals surface area contributed by atoms with Gasteiger partial charge in [0.1, 0.15) is 11.7 Å². The lowest BCUT2D eigenvalue weighted by Crippen LogP contribution is -2.32. The number of hydrogen-bond acceptors (Lipinski definition) is 6. The van der Waals surface area contributed by atoms with E-state index in [1.54, 1.807) is 29.0 Å². The van der Waals surface area contributed by atoms with Gasteiger partial charge in [-0.2, -0.15) is 5.10 Å². The molecule has 9 nitrogen and oxygen atoms in total. The fourth-order valence-corrected chi connectivity index (χ4v) is 2.83. The lowest BCUT2D eigenvalue weighted by Gasteiger charge is -2.19. The molecule has 0 bridgehead atoms. The van der Waals surface area contributed by atoms with Gasteiger partial charge in [-0.25, -0.2) is 14.3 Å². The van der Waals surface area contributed by atoms with Crippen LogP contribution in [0.3, 0.4) is 0 Å². The number of amides is 1. The molecule has 4 rings (SSSR count). The zero-order valence-electron chi connectivity index (χ0n) is 15.7. The highest BCUT2D eigenvalue weighted by molar-refractivity contribution is 5.97. The number of aromatic nitrogens is 4. The maximum atomic E-state index is 12.6. The van der Waals surface area contributed by atoms with Crippen molar-refractivity contribution in [3.05, 3.63) is 52.7 Å². The molecule has 1 N–H and O–H groups in total. The minimum absolute atomic E-state index is 0.188. The highest BCUT2D eigenvalue weighted by Gasteiger charge is 2.20. The zero-order valence-corrected chi connectivity index (χ0v) is 15.7. The second-order valence-corrected chi connectivity index (χ2v) is 7.31. The van der Waals surface area contributed by atoms with Crippen molar-refractivity contribution in [3.8, 4) is 11.5 Å². The number of ether oxygens (including phenoxy) is 2. The van der Waals surface area contributed by atoms with Crippen molar-refractivity contribution in [1.82, 2.24) is 19.4 Å². The monoisotopic (exact) mass is 381 g/mol. The molecule has 0 atom stereocenters. The van der Waals surface area contributed by atoms with Gasteiger partial charge in [0, 0.05) is 6.08 Å². The van der Waals surface area contributed by atoms with Crippen LogP contribution < -0.4 is 20.5 Å². The van der Waals surface area contributed by atoms with E-state index in [2.05, 4.69) is 15.5 Å². The fraction of sp³-hybridized carbons (Fsp3) is 0.263. The van der Waals surface area contributed by atoms with Crippen LogP contribution in [0.25, 0.3) is 17.1 Å². The smallest absolute Gasteiger partial charge is 0.283 e. The Balaban J connectivity index is 1.54. The number of nitrogens with zero attached hydrogens (tertiary/aromatic N) is 4.